The Balaban J connectivity index is 1.73. The van der Waals surface area contributed by atoms with E-state index < -0.39 is 0 Å². The predicted molar refractivity (Wildman–Crippen MR) is 80.1 cm³/mol. The number of rotatable bonds is 6. The van der Waals surface area contributed by atoms with Gasteiger partial charge in [0.15, 0.2) is 5.76 Å². The molecule has 2 aromatic rings. The van der Waals surface area contributed by atoms with E-state index in [0.29, 0.717) is 0 Å². The Bertz CT molecular complexity index is 588. The fourth-order valence-corrected chi connectivity index (χ4v) is 1.83. The zero-order chi connectivity index (χ0) is 15.1. The fraction of sp³-hybridized carbons (Fsp3) is 0.250. The zero-order valence-electron chi connectivity index (χ0n) is 11.9. The molecule has 1 aromatic carbocycles. The summed E-state index contributed by atoms with van der Waals surface area (Å²) in [5.41, 5.74) is 1.98. The SMILES string of the molecule is CCc1ccc(NC(=O)CCNC(=O)c2ccco2)cc1. The molecular formula is C16H18N2O3. The van der Waals surface area contributed by atoms with Gasteiger partial charge in [-0.15, -0.1) is 0 Å². The summed E-state index contributed by atoms with van der Waals surface area (Å²) in [4.78, 5) is 23.3. The highest BCUT2D eigenvalue weighted by atomic mass is 16.3. The zero-order valence-corrected chi connectivity index (χ0v) is 11.9. The van der Waals surface area contributed by atoms with Crippen LogP contribution < -0.4 is 10.6 Å². The molecule has 1 aromatic heterocycles. The van der Waals surface area contributed by atoms with Gasteiger partial charge in [0.25, 0.3) is 5.91 Å². The van der Waals surface area contributed by atoms with Crippen LogP contribution in [0.25, 0.3) is 0 Å². The molecule has 0 aliphatic carbocycles. The fourth-order valence-electron chi connectivity index (χ4n) is 1.83. The van der Waals surface area contributed by atoms with Crippen LogP contribution in [0.15, 0.2) is 47.1 Å². The van der Waals surface area contributed by atoms with Gasteiger partial charge in [0, 0.05) is 18.7 Å². The third-order valence-electron chi connectivity index (χ3n) is 3.03. The molecule has 21 heavy (non-hydrogen) atoms. The highest BCUT2D eigenvalue weighted by Crippen LogP contribution is 2.10. The first-order chi connectivity index (χ1) is 10.2. The summed E-state index contributed by atoms with van der Waals surface area (Å²) in [6.45, 7) is 2.34. The first-order valence-corrected chi connectivity index (χ1v) is 6.89. The number of benzene rings is 1. The molecule has 110 valence electrons. The summed E-state index contributed by atoms with van der Waals surface area (Å²) in [7, 11) is 0. The molecule has 0 spiro atoms. The lowest BCUT2D eigenvalue weighted by Crippen LogP contribution is -2.27. The van der Waals surface area contributed by atoms with Crippen LogP contribution in [0.5, 0.6) is 0 Å². The topological polar surface area (TPSA) is 71.3 Å². The minimum absolute atomic E-state index is 0.140. The Morgan fingerprint density at radius 2 is 1.90 bits per heavy atom. The summed E-state index contributed by atoms with van der Waals surface area (Å²) in [6.07, 6.45) is 2.61. The lowest BCUT2D eigenvalue weighted by molar-refractivity contribution is -0.116. The Hall–Kier alpha value is -2.56. The van der Waals surface area contributed by atoms with Crippen LogP contribution in [-0.2, 0) is 11.2 Å². The van der Waals surface area contributed by atoms with Crippen molar-refractivity contribution in [3.8, 4) is 0 Å². The monoisotopic (exact) mass is 286 g/mol. The van der Waals surface area contributed by atoms with Crippen molar-refractivity contribution < 1.29 is 14.0 Å². The quantitative estimate of drug-likeness (QED) is 0.857. The van der Waals surface area contributed by atoms with Gasteiger partial charge in [0.1, 0.15) is 0 Å². The molecule has 1 heterocycles. The van der Waals surface area contributed by atoms with Gasteiger partial charge in [-0.2, -0.15) is 0 Å². The molecule has 0 fully saturated rings. The average Bonchev–Trinajstić information content (AvgIpc) is 3.02. The van der Waals surface area contributed by atoms with Gasteiger partial charge >= 0.3 is 0 Å². The third kappa shape index (κ3) is 4.49. The van der Waals surface area contributed by atoms with E-state index >= 15 is 0 Å². The highest BCUT2D eigenvalue weighted by molar-refractivity contribution is 5.93. The number of amides is 2. The van der Waals surface area contributed by atoms with Crippen LogP contribution >= 0.6 is 0 Å². The van der Waals surface area contributed by atoms with Crippen molar-refractivity contribution in [2.24, 2.45) is 0 Å². The molecule has 0 radical (unpaired) electrons. The van der Waals surface area contributed by atoms with Crippen LogP contribution in [0.1, 0.15) is 29.5 Å². The second-order valence-electron chi connectivity index (χ2n) is 4.58. The number of anilines is 1. The van der Waals surface area contributed by atoms with E-state index in [1.165, 1.54) is 11.8 Å². The Morgan fingerprint density at radius 1 is 1.14 bits per heavy atom. The van der Waals surface area contributed by atoms with Crippen LogP contribution in [0.2, 0.25) is 0 Å². The lowest BCUT2D eigenvalue weighted by atomic mass is 10.1. The Labute approximate surface area is 123 Å². The normalized spacial score (nSPS) is 10.1. The van der Waals surface area contributed by atoms with E-state index in [1.807, 2.05) is 24.3 Å². The number of carbonyl (C=O) groups excluding carboxylic acids is 2. The van der Waals surface area contributed by atoms with Crippen molar-refractivity contribution in [1.29, 1.82) is 0 Å². The molecule has 2 amide bonds. The second-order valence-corrected chi connectivity index (χ2v) is 4.58. The molecule has 5 heteroatoms. The van der Waals surface area contributed by atoms with Crippen LogP contribution in [-0.4, -0.2) is 18.4 Å². The maximum absolute atomic E-state index is 11.7. The number of hydrogen-bond donors (Lipinski definition) is 2. The van der Waals surface area contributed by atoms with Crippen LogP contribution in [0.4, 0.5) is 5.69 Å². The van der Waals surface area contributed by atoms with E-state index in [0.717, 1.165) is 12.1 Å². The van der Waals surface area contributed by atoms with E-state index in [9.17, 15) is 9.59 Å². The van der Waals surface area contributed by atoms with Gasteiger partial charge in [-0.3, -0.25) is 9.59 Å². The van der Waals surface area contributed by atoms with Crippen molar-refractivity contribution in [2.45, 2.75) is 19.8 Å². The first kappa shape index (κ1) is 14.8. The summed E-state index contributed by atoms with van der Waals surface area (Å²) in [5.74, 6) is -0.218. The standard InChI is InChI=1S/C16H18N2O3/c1-2-12-5-7-13(8-6-12)18-15(19)9-10-17-16(20)14-4-3-11-21-14/h3-8,11H,2,9-10H2,1H3,(H,17,20)(H,18,19). The number of furan rings is 1. The summed E-state index contributed by atoms with van der Waals surface area (Å²) in [6, 6.07) is 10.9. The summed E-state index contributed by atoms with van der Waals surface area (Å²) < 4.78 is 4.96. The predicted octanol–water partition coefficient (Wildman–Crippen LogP) is 2.60. The van der Waals surface area contributed by atoms with Gasteiger partial charge in [-0.25, -0.2) is 0 Å². The molecule has 0 aliphatic heterocycles. The van der Waals surface area contributed by atoms with Crippen molar-refractivity contribution >= 4 is 17.5 Å². The van der Waals surface area contributed by atoms with E-state index in [4.69, 9.17) is 4.42 Å². The molecule has 2 N–H and O–H groups in total. The Kier molecular flexibility index (Phi) is 5.15. The van der Waals surface area contributed by atoms with Gasteiger partial charge < -0.3 is 15.1 Å². The molecule has 0 unspecified atom stereocenters. The molecule has 0 bridgehead atoms. The van der Waals surface area contributed by atoms with Gasteiger partial charge in [-0.05, 0) is 36.2 Å². The highest BCUT2D eigenvalue weighted by Gasteiger charge is 2.08. The van der Waals surface area contributed by atoms with E-state index in [1.54, 1.807) is 12.1 Å². The number of nitrogens with one attached hydrogen (secondary N) is 2. The van der Waals surface area contributed by atoms with E-state index in [-0.39, 0.29) is 30.5 Å². The van der Waals surface area contributed by atoms with Crippen molar-refractivity contribution in [2.75, 3.05) is 11.9 Å². The maximum atomic E-state index is 11.7. The number of carbonyl (C=O) groups is 2. The Morgan fingerprint density at radius 3 is 2.52 bits per heavy atom. The minimum Gasteiger partial charge on any atom is -0.459 e. The smallest absolute Gasteiger partial charge is 0.286 e. The third-order valence-corrected chi connectivity index (χ3v) is 3.03. The van der Waals surface area contributed by atoms with Gasteiger partial charge in [-0.1, -0.05) is 19.1 Å². The van der Waals surface area contributed by atoms with Crippen LogP contribution in [0, 0.1) is 0 Å². The van der Waals surface area contributed by atoms with Crippen molar-refractivity contribution in [1.82, 2.24) is 5.32 Å². The molecule has 0 atom stereocenters. The lowest BCUT2D eigenvalue weighted by Gasteiger charge is -2.06. The summed E-state index contributed by atoms with van der Waals surface area (Å²) in [5, 5.41) is 5.41. The van der Waals surface area contributed by atoms with E-state index in [2.05, 4.69) is 17.6 Å². The molecule has 5 nitrogen and oxygen atoms in total. The number of hydrogen-bond acceptors (Lipinski definition) is 3. The second kappa shape index (κ2) is 7.28. The molecular weight excluding hydrogens is 268 g/mol. The van der Waals surface area contributed by atoms with Gasteiger partial charge in [0.2, 0.25) is 5.91 Å². The molecule has 0 saturated carbocycles. The average molecular weight is 286 g/mol. The first-order valence-electron chi connectivity index (χ1n) is 6.89. The largest absolute Gasteiger partial charge is 0.459 e. The van der Waals surface area contributed by atoms with Crippen molar-refractivity contribution in [3.63, 3.8) is 0 Å². The maximum Gasteiger partial charge on any atom is 0.286 e. The molecule has 2 rings (SSSR count). The molecule has 0 aliphatic rings. The minimum atomic E-state index is -0.319. The van der Waals surface area contributed by atoms with Crippen LogP contribution in [0.3, 0.4) is 0 Å². The molecule has 0 saturated heterocycles. The summed E-state index contributed by atoms with van der Waals surface area (Å²) >= 11 is 0. The number of aryl methyl sites for hydroxylation is 1. The van der Waals surface area contributed by atoms with Crippen molar-refractivity contribution in [3.05, 3.63) is 54.0 Å². The van der Waals surface area contributed by atoms with Gasteiger partial charge in [0.05, 0.1) is 6.26 Å².